The van der Waals surface area contributed by atoms with Crippen LogP contribution in [0.5, 0.6) is 0 Å². The second-order valence-electron chi connectivity index (χ2n) is 1.89. The number of hydrogen-bond donors (Lipinski definition) is 3. The Labute approximate surface area is 63.8 Å². The van der Waals surface area contributed by atoms with Gasteiger partial charge in [-0.2, -0.15) is 5.10 Å². The van der Waals surface area contributed by atoms with E-state index in [0.29, 0.717) is 0 Å². The van der Waals surface area contributed by atoms with Gasteiger partial charge in [0.2, 0.25) is 5.96 Å². The maximum absolute atomic E-state index is 5.04. The molecule has 0 aliphatic carbocycles. The molecule has 0 aliphatic heterocycles. The maximum atomic E-state index is 5.04. The molecule has 0 radical (unpaired) electrons. The molecule has 0 aliphatic rings. The van der Waals surface area contributed by atoms with Crippen LogP contribution < -0.4 is 11.5 Å². The van der Waals surface area contributed by atoms with Crippen molar-refractivity contribution in [2.75, 3.05) is 0 Å². The topological polar surface area (TPSA) is 92.6 Å². The first-order chi connectivity index (χ1) is 5.29. The monoisotopic (exact) mass is 151 g/mol. The van der Waals surface area contributed by atoms with Crippen LogP contribution >= 0.6 is 0 Å². The van der Waals surface area contributed by atoms with Crippen molar-refractivity contribution < 1.29 is 0 Å². The van der Waals surface area contributed by atoms with Crippen LogP contribution in [0.15, 0.2) is 28.5 Å². The third-order valence-electron chi connectivity index (χ3n) is 0.992. The van der Waals surface area contributed by atoms with Crippen molar-refractivity contribution in [3.8, 4) is 0 Å². The zero-order valence-electron chi connectivity index (χ0n) is 5.86. The van der Waals surface area contributed by atoms with Crippen LogP contribution in [-0.2, 0) is 0 Å². The van der Waals surface area contributed by atoms with Crippen molar-refractivity contribution in [2.45, 2.75) is 0 Å². The molecule has 0 atom stereocenters. The Morgan fingerprint density at radius 1 is 1.55 bits per heavy atom. The largest absolute Gasteiger partial charge is 0.369 e. The third-order valence-corrected chi connectivity index (χ3v) is 0.992. The van der Waals surface area contributed by atoms with E-state index in [0.717, 1.165) is 5.69 Å². The highest BCUT2D eigenvalue weighted by molar-refractivity contribution is 5.79. The summed E-state index contributed by atoms with van der Waals surface area (Å²) in [7, 11) is 0. The van der Waals surface area contributed by atoms with E-state index in [1.165, 1.54) is 6.21 Å². The first kappa shape index (κ1) is 7.33. The van der Waals surface area contributed by atoms with Crippen molar-refractivity contribution in [1.82, 2.24) is 4.98 Å². The molecule has 0 unspecified atom stereocenters. The van der Waals surface area contributed by atoms with Gasteiger partial charge in [0, 0.05) is 6.20 Å². The zero-order valence-corrected chi connectivity index (χ0v) is 5.86. The van der Waals surface area contributed by atoms with Crippen molar-refractivity contribution >= 4 is 12.2 Å². The van der Waals surface area contributed by atoms with E-state index in [9.17, 15) is 0 Å². The van der Waals surface area contributed by atoms with E-state index >= 15 is 0 Å². The molecule has 5 nitrogen and oxygen atoms in total. The van der Waals surface area contributed by atoms with Gasteiger partial charge in [-0.1, -0.05) is 0 Å². The maximum Gasteiger partial charge on any atom is 0.211 e. The van der Waals surface area contributed by atoms with Gasteiger partial charge in [-0.05, 0) is 12.1 Å². The van der Waals surface area contributed by atoms with Gasteiger partial charge in [0.15, 0.2) is 0 Å². The van der Waals surface area contributed by atoms with E-state index in [4.69, 9.17) is 11.5 Å². The molecule has 0 saturated carbocycles. The summed E-state index contributed by atoms with van der Waals surface area (Å²) in [5.41, 5.74) is 10.9. The molecule has 0 bridgehead atoms. The van der Waals surface area contributed by atoms with E-state index in [2.05, 4.69) is 15.2 Å². The van der Waals surface area contributed by atoms with Crippen LogP contribution in [0.3, 0.4) is 0 Å². The summed E-state index contributed by atoms with van der Waals surface area (Å²) in [4.78, 5) is 2.91. The predicted molar refractivity (Wildman–Crippen MR) is 44.2 cm³/mol. The number of guanidine groups is 1. The van der Waals surface area contributed by atoms with Gasteiger partial charge in [-0.25, -0.2) is 0 Å². The Morgan fingerprint density at radius 2 is 2.36 bits per heavy atom. The molecule has 5 N–H and O–H groups in total. The van der Waals surface area contributed by atoms with E-state index in [-0.39, 0.29) is 5.96 Å². The fourth-order valence-corrected chi connectivity index (χ4v) is 0.582. The fraction of sp³-hybridized carbons (Fsp3) is 0. The quantitative estimate of drug-likeness (QED) is 0.305. The van der Waals surface area contributed by atoms with Crippen molar-refractivity contribution in [2.24, 2.45) is 21.7 Å². The number of nitrogens with two attached hydrogens (primary N) is 2. The average molecular weight is 151 g/mol. The zero-order chi connectivity index (χ0) is 8.10. The van der Waals surface area contributed by atoms with Gasteiger partial charge in [0.1, 0.15) is 0 Å². The molecule has 1 heterocycles. The van der Waals surface area contributed by atoms with Gasteiger partial charge in [-0.15, -0.1) is 5.10 Å². The lowest BCUT2D eigenvalue weighted by molar-refractivity contribution is 1.21. The number of rotatable bonds is 2. The smallest absolute Gasteiger partial charge is 0.211 e. The minimum absolute atomic E-state index is 0.0483. The highest BCUT2D eigenvalue weighted by atomic mass is 15.3. The van der Waals surface area contributed by atoms with Crippen LogP contribution in [0.25, 0.3) is 0 Å². The fourth-order valence-electron chi connectivity index (χ4n) is 0.582. The second kappa shape index (κ2) is 3.40. The Balaban J connectivity index is 2.56. The molecular weight excluding hydrogens is 142 g/mol. The summed E-state index contributed by atoms with van der Waals surface area (Å²) < 4.78 is 0. The van der Waals surface area contributed by atoms with E-state index in [1.54, 1.807) is 6.20 Å². The van der Waals surface area contributed by atoms with E-state index in [1.807, 2.05) is 12.1 Å². The SMILES string of the molecule is NC(N)=N/N=C\c1ccc[nH]1. The van der Waals surface area contributed by atoms with Crippen LogP contribution in [0.2, 0.25) is 0 Å². The Kier molecular flexibility index (Phi) is 2.27. The van der Waals surface area contributed by atoms with Crippen LogP contribution in [0.4, 0.5) is 0 Å². The van der Waals surface area contributed by atoms with Crippen molar-refractivity contribution in [1.29, 1.82) is 0 Å². The van der Waals surface area contributed by atoms with Gasteiger partial charge < -0.3 is 16.5 Å². The molecule has 0 spiro atoms. The predicted octanol–water partition coefficient (Wildman–Crippen LogP) is -0.378. The third kappa shape index (κ3) is 2.53. The van der Waals surface area contributed by atoms with E-state index < -0.39 is 0 Å². The number of nitrogens with one attached hydrogen (secondary N) is 1. The summed E-state index contributed by atoms with van der Waals surface area (Å²) in [5.74, 6) is -0.0483. The Hall–Kier alpha value is -1.78. The number of H-pyrrole nitrogens is 1. The number of aromatic nitrogens is 1. The molecule has 1 aromatic rings. The lowest BCUT2D eigenvalue weighted by Gasteiger charge is -1.83. The molecule has 0 fully saturated rings. The molecule has 5 heteroatoms. The summed E-state index contributed by atoms with van der Waals surface area (Å²) in [6.07, 6.45) is 3.32. The molecule has 0 aromatic carbocycles. The minimum atomic E-state index is -0.0483. The van der Waals surface area contributed by atoms with Crippen LogP contribution in [0, 0.1) is 0 Å². The molecule has 11 heavy (non-hydrogen) atoms. The molecule has 58 valence electrons. The second-order valence-corrected chi connectivity index (χ2v) is 1.89. The number of aromatic amines is 1. The molecule has 1 rings (SSSR count). The first-order valence-electron chi connectivity index (χ1n) is 3.04. The molecule has 1 aromatic heterocycles. The average Bonchev–Trinajstić information content (AvgIpc) is 2.39. The summed E-state index contributed by atoms with van der Waals surface area (Å²) in [6, 6.07) is 3.71. The lowest BCUT2D eigenvalue weighted by Crippen LogP contribution is -2.21. The molecule has 0 saturated heterocycles. The van der Waals surface area contributed by atoms with Crippen molar-refractivity contribution in [3.63, 3.8) is 0 Å². The highest BCUT2D eigenvalue weighted by Crippen LogP contribution is 1.88. The van der Waals surface area contributed by atoms with Gasteiger partial charge in [0.05, 0.1) is 11.9 Å². The summed E-state index contributed by atoms with van der Waals surface area (Å²) >= 11 is 0. The number of hydrogen-bond acceptors (Lipinski definition) is 2. The first-order valence-corrected chi connectivity index (χ1v) is 3.04. The normalized spacial score (nSPS) is 10.2. The summed E-state index contributed by atoms with van der Waals surface area (Å²) in [5, 5.41) is 7.02. The van der Waals surface area contributed by atoms with Gasteiger partial charge >= 0.3 is 0 Å². The van der Waals surface area contributed by atoms with Crippen LogP contribution in [-0.4, -0.2) is 17.2 Å². The van der Waals surface area contributed by atoms with Crippen LogP contribution in [0.1, 0.15) is 5.69 Å². The minimum Gasteiger partial charge on any atom is -0.369 e. The highest BCUT2D eigenvalue weighted by Gasteiger charge is 1.82. The standard InChI is InChI=1S/C6H9N5/c7-6(8)11-10-4-5-2-1-3-9-5/h1-4,9H,(H4,7,8,11)/b10-4-. The Bertz CT molecular complexity index is 255. The van der Waals surface area contributed by atoms with Gasteiger partial charge in [-0.3, -0.25) is 0 Å². The molecular formula is C6H9N5. The van der Waals surface area contributed by atoms with Gasteiger partial charge in [0.25, 0.3) is 0 Å². The Morgan fingerprint density at radius 3 is 2.91 bits per heavy atom. The summed E-state index contributed by atoms with van der Waals surface area (Å²) in [6.45, 7) is 0. The molecule has 0 amide bonds. The number of nitrogens with zero attached hydrogens (tertiary/aromatic N) is 2. The van der Waals surface area contributed by atoms with Crippen molar-refractivity contribution in [3.05, 3.63) is 24.0 Å². The lowest BCUT2D eigenvalue weighted by atomic mass is 10.5.